The number of nitrogens with zero attached hydrogens (tertiary/aromatic N) is 2. The summed E-state index contributed by atoms with van der Waals surface area (Å²) < 4.78 is 0. The molecule has 2 amide bonds. The van der Waals surface area contributed by atoms with Gasteiger partial charge in [0.25, 0.3) is 11.8 Å². The molecule has 5 nitrogen and oxygen atoms in total. The summed E-state index contributed by atoms with van der Waals surface area (Å²) in [5, 5.41) is 3.37. The molecule has 31 heavy (non-hydrogen) atoms. The normalized spacial score (nSPS) is 22.7. The summed E-state index contributed by atoms with van der Waals surface area (Å²) in [5.74, 6) is 0.928. The average molecular weight is 434 g/mol. The molecule has 2 aliphatic rings. The average Bonchev–Trinajstić information content (AvgIpc) is 3.01. The molecule has 2 fully saturated rings. The number of hydrogen-bond donors (Lipinski definition) is 1. The van der Waals surface area contributed by atoms with Crippen molar-refractivity contribution in [2.45, 2.75) is 27.2 Å². The summed E-state index contributed by atoms with van der Waals surface area (Å²) in [4.78, 5) is 29.2. The van der Waals surface area contributed by atoms with Gasteiger partial charge in [-0.1, -0.05) is 43.7 Å². The number of amides is 2. The predicted molar refractivity (Wildman–Crippen MR) is 128 cm³/mol. The van der Waals surface area contributed by atoms with Gasteiger partial charge in [0.05, 0.1) is 5.69 Å². The fourth-order valence-corrected chi connectivity index (χ4v) is 4.66. The van der Waals surface area contributed by atoms with E-state index in [9.17, 15) is 9.59 Å². The number of nitrogens with one attached hydrogen (secondary N) is 1. The fraction of sp³-hybridized carbons (Fsp3) is 0.320. The third-order valence-electron chi connectivity index (χ3n) is 5.80. The molecule has 160 valence electrons. The largest absolute Gasteiger partial charge is 0.338 e. The van der Waals surface area contributed by atoms with E-state index in [0.29, 0.717) is 28.2 Å². The quantitative estimate of drug-likeness (QED) is 0.577. The van der Waals surface area contributed by atoms with E-state index in [0.717, 1.165) is 29.9 Å². The molecule has 2 unspecified atom stereocenters. The van der Waals surface area contributed by atoms with Crippen LogP contribution < -0.4 is 10.2 Å². The first-order chi connectivity index (χ1) is 14.8. The van der Waals surface area contributed by atoms with Crippen molar-refractivity contribution in [3.8, 4) is 0 Å². The molecule has 0 spiro atoms. The number of hydrogen-bond acceptors (Lipinski definition) is 3. The van der Waals surface area contributed by atoms with E-state index in [2.05, 4.69) is 19.2 Å². The van der Waals surface area contributed by atoms with Crippen molar-refractivity contribution in [3.63, 3.8) is 0 Å². The lowest BCUT2D eigenvalue weighted by molar-refractivity contribution is -0.113. The van der Waals surface area contributed by atoms with Crippen molar-refractivity contribution >= 4 is 40.9 Å². The van der Waals surface area contributed by atoms with Crippen LogP contribution in [0.5, 0.6) is 0 Å². The predicted octanol–water partition coefficient (Wildman–Crippen LogP) is 4.38. The Balaban J connectivity index is 1.49. The lowest BCUT2D eigenvalue weighted by atomic mass is 9.91. The molecule has 4 rings (SSSR count). The Kier molecular flexibility index (Phi) is 5.92. The molecule has 0 saturated carbocycles. The van der Waals surface area contributed by atoms with Crippen LogP contribution in [0.3, 0.4) is 0 Å². The van der Waals surface area contributed by atoms with E-state index in [4.69, 9.17) is 12.2 Å². The number of carbonyl (C=O) groups excluding carboxylic acids is 2. The molecular weight excluding hydrogens is 406 g/mol. The number of carbonyl (C=O) groups is 2. The third-order valence-corrected chi connectivity index (χ3v) is 6.08. The molecule has 1 N–H and O–H groups in total. The van der Waals surface area contributed by atoms with Crippen LogP contribution in [0.2, 0.25) is 0 Å². The van der Waals surface area contributed by atoms with Crippen LogP contribution in [0.25, 0.3) is 6.08 Å². The van der Waals surface area contributed by atoms with Crippen molar-refractivity contribution in [2.24, 2.45) is 11.8 Å². The molecule has 2 saturated heterocycles. The smallest absolute Gasteiger partial charge is 0.281 e. The van der Waals surface area contributed by atoms with Gasteiger partial charge in [-0.25, -0.2) is 0 Å². The van der Waals surface area contributed by atoms with Crippen LogP contribution >= 0.6 is 12.2 Å². The Labute approximate surface area is 188 Å². The summed E-state index contributed by atoms with van der Waals surface area (Å²) in [6.07, 6.45) is 2.93. The van der Waals surface area contributed by atoms with Crippen LogP contribution in [0.15, 0.2) is 54.2 Å². The molecule has 2 aromatic carbocycles. The molecular formula is C25H27N3O2S. The summed E-state index contributed by atoms with van der Waals surface area (Å²) in [7, 11) is 0. The lowest BCUT2D eigenvalue weighted by Crippen LogP contribution is -2.42. The number of aryl methyl sites for hydroxylation is 1. The third kappa shape index (κ3) is 4.54. The van der Waals surface area contributed by atoms with Gasteiger partial charge in [-0.05, 0) is 73.3 Å². The highest BCUT2D eigenvalue weighted by molar-refractivity contribution is 7.80. The summed E-state index contributed by atoms with van der Waals surface area (Å²) in [6.45, 7) is 8.00. The zero-order valence-electron chi connectivity index (χ0n) is 18.1. The van der Waals surface area contributed by atoms with Crippen molar-refractivity contribution in [1.29, 1.82) is 0 Å². The van der Waals surface area contributed by atoms with Crippen molar-refractivity contribution in [1.82, 2.24) is 10.2 Å². The molecule has 0 bridgehead atoms. The van der Waals surface area contributed by atoms with Crippen molar-refractivity contribution in [2.75, 3.05) is 18.0 Å². The van der Waals surface area contributed by atoms with Gasteiger partial charge in [-0.3, -0.25) is 14.5 Å². The van der Waals surface area contributed by atoms with Gasteiger partial charge in [-0.15, -0.1) is 0 Å². The van der Waals surface area contributed by atoms with Crippen molar-refractivity contribution in [3.05, 3.63) is 70.9 Å². The summed E-state index contributed by atoms with van der Waals surface area (Å²) in [6, 6.07) is 15.0. The first kappa shape index (κ1) is 21.2. The van der Waals surface area contributed by atoms with Crippen LogP contribution in [0, 0.1) is 18.8 Å². The minimum atomic E-state index is -0.190. The summed E-state index contributed by atoms with van der Waals surface area (Å²) >= 11 is 5.37. The van der Waals surface area contributed by atoms with E-state index >= 15 is 0 Å². The Morgan fingerprint density at radius 2 is 1.65 bits per heavy atom. The second kappa shape index (κ2) is 8.63. The first-order valence-electron chi connectivity index (χ1n) is 10.6. The van der Waals surface area contributed by atoms with Gasteiger partial charge in [0.1, 0.15) is 5.70 Å². The van der Waals surface area contributed by atoms with Crippen LogP contribution in [0.4, 0.5) is 5.69 Å². The molecule has 2 heterocycles. The molecule has 0 aliphatic carbocycles. The van der Waals surface area contributed by atoms with Gasteiger partial charge < -0.3 is 10.2 Å². The van der Waals surface area contributed by atoms with Crippen LogP contribution in [0.1, 0.15) is 41.8 Å². The van der Waals surface area contributed by atoms with E-state index in [1.165, 1.54) is 11.3 Å². The number of likely N-dealkylation sites (tertiary alicyclic amines) is 1. The maximum Gasteiger partial charge on any atom is 0.281 e. The minimum absolute atomic E-state index is 0.0689. The SMILES string of the molecule is Cc1ccc(N2C(=O)C(=Cc3ccc(C(=O)N4CC(C)CC(C)C4)cc3)NC2=S)cc1. The highest BCUT2D eigenvalue weighted by Gasteiger charge is 2.32. The molecule has 0 radical (unpaired) electrons. The topological polar surface area (TPSA) is 52.7 Å². The van der Waals surface area contributed by atoms with Gasteiger partial charge in [0, 0.05) is 18.7 Å². The highest BCUT2D eigenvalue weighted by Crippen LogP contribution is 2.24. The Hall–Kier alpha value is -2.99. The zero-order valence-corrected chi connectivity index (χ0v) is 18.9. The Morgan fingerprint density at radius 3 is 2.26 bits per heavy atom. The van der Waals surface area contributed by atoms with Crippen LogP contribution in [-0.2, 0) is 4.79 Å². The van der Waals surface area contributed by atoms with E-state index in [1.807, 2.05) is 60.4 Å². The van der Waals surface area contributed by atoms with E-state index < -0.39 is 0 Å². The lowest BCUT2D eigenvalue weighted by Gasteiger charge is -2.35. The summed E-state index contributed by atoms with van der Waals surface area (Å²) in [5.41, 5.74) is 3.78. The Morgan fingerprint density at radius 1 is 1.03 bits per heavy atom. The first-order valence-corrected chi connectivity index (χ1v) is 11.1. The number of anilines is 1. The monoisotopic (exact) mass is 433 g/mol. The maximum atomic E-state index is 12.9. The number of rotatable bonds is 3. The fourth-order valence-electron chi connectivity index (χ4n) is 4.36. The molecule has 6 heteroatoms. The second-order valence-corrected chi connectivity index (χ2v) is 9.13. The van der Waals surface area contributed by atoms with Gasteiger partial charge in [-0.2, -0.15) is 0 Å². The standard InChI is InChI=1S/C25H27N3O2S/c1-16-4-10-21(11-5-16)28-24(30)22(26-25(28)31)13-19-6-8-20(9-7-19)23(29)27-14-17(2)12-18(3)15-27/h4-11,13,17-18H,12,14-15H2,1-3H3,(H,26,31). The number of thiocarbonyl (C=S) groups is 1. The molecule has 2 aliphatic heterocycles. The van der Waals surface area contributed by atoms with Crippen molar-refractivity contribution < 1.29 is 9.59 Å². The maximum absolute atomic E-state index is 12.9. The van der Waals surface area contributed by atoms with Gasteiger partial charge >= 0.3 is 0 Å². The number of piperidine rings is 1. The zero-order chi connectivity index (χ0) is 22.1. The van der Waals surface area contributed by atoms with Crippen LogP contribution in [-0.4, -0.2) is 34.9 Å². The number of benzene rings is 2. The van der Waals surface area contributed by atoms with E-state index in [-0.39, 0.29) is 11.8 Å². The second-order valence-electron chi connectivity index (χ2n) is 8.74. The van der Waals surface area contributed by atoms with Gasteiger partial charge in [0.15, 0.2) is 5.11 Å². The molecule has 2 aromatic rings. The minimum Gasteiger partial charge on any atom is -0.338 e. The Bertz CT molecular complexity index is 1030. The van der Waals surface area contributed by atoms with Gasteiger partial charge in [0.2, 0.25) is 0 Å². The molecule has 0 aromatic heterocycles. The van der Waals surface area contributed by atoms with E-state index in [1.54, 1.807) is 6.08 Å². The molecule has 2 atom stereocenters. The highest BCUT2D eigenvalue weighted by atomic mass is 32.1.